The first-order valence-electron chi connectivity index (χ1n) is 7.37. The lowest BCUT2D eigenvalue weighted by Gasteiger charge is -2.46. The number of piperidine rings is 1. The van der Waals surface area contributed by atoms with E-state index >= 15 is 0 Å². The SMILES string of the molecule is CCN1CCC(N(C)C2(CN)CCCC2)CC1. The van der Waals surface area contributed by atoms with Crippen molar-refractivity contribution in [3.63, 3.8) is 0 Å². The van der Waals surface area contributed by atoms with Crippen molar-refractivity contribution in [3.05, 3.63) is 0 Å². The van der Waals surface area contributed by atoms with Gasteiger partial charge in [0.2, 0.25) is 0 Å². The van der Waals surface area contributed by atoms with Crippen LogP contribution in [0.1, 0.15) is 45.4 Å². The fourth-order valence-electron chi connectivity index (χ4n) is 3.74. The summed E-state index contributed by atoms with van der Waals surface area (Å²) in [7, 11) is 2.32. The predicted molar refractivity (Wildman–Crippen MR) is 73.2 cm³/mol. The average Bonchev–Trinajstić information content (AvgIpc) is 2.88. The van der Waals surface area contributed by atoms with Gasteiger partial charge in [0, 0.05) is 18.1 Å². The van der Waals surface area contributed by atoms with Crippen molar-refractivity contribution >= 4 is 0 Å². The fraction of sp³-hybridized carbons (Fsp3) is 1.00. The Balaban J connectivity index is 1.93. The zero-order chi connectivity index (χ0) is 12.3. The van der Waals surface area contributed by atoms with E-state index in [1.807, 2.05) is 0 Å². The van der Waals surface area contributed by atoms with E-state index in [-0.39, 0.29) is 0 Å². The van der Waals surface area contributed by atoms with Gasteiger partial charge in [-0.25, -0.2) is 0 Å². The maximum Gasteiger partial charge on any atom is 0.0331 e. The molecule has 1 aliphatic heterocycles. The highest BCUT2D eigenvalue weighted by Crippen LogP contribution is 2.36. The zero-order valence-corrected chi connectivity index (χ0v) is 11.6. The van der Waals surface area contributed by atoms with Crippen LogP contribution in [0.2, 0.25) is 0 Å². The van der Waals surface area contributed by atoms with E-state index in [0.29, 0.717) is 5.54 Å². The third-order valence-corrected chi connectivity index (χ3v) is 5.21. The topological polar surface area (TPSA) is 32.5 Å². The molecular formula is C14H29N3. The van der Waals surface area contributed by atoms with Crippen LogP contribution >= 0.6 is 0 Å². The number of rotatable bonds is 4. The number of nitrogens with zero attached hydrogens (tertiary/aromatic N) is 2. The Kier molecular flexibility index (Phi) is 4.45. The summed E-state index contributed by atoms with van der Waals surface area (Å²) in [5, 5.41) is 0. The van der Waals surface area contributed by atoms with Gasteiger partial charge in [-0.3, -0.25) is 4.90 Å². The molecule has 0 amide bonds. The van der Waals surface area contributed by atoms with Gasteiger partial charge >= 0.3 is 0 Å². The highest BCUT2D eigenvalue weighted by atomic mass is 15.2. The van der Waals surface area contributed by atoms with Gasteiger partial charge in [-0.1, -0.05) is 19.8 Å². The van der Waals surface area contributed by atoms with Gasteiger partial charge in [0.15, 0.2) is 0 Å². The lowest BCUT2D eigenvalue weighted by molar-refractivity contribution is 0.0431. The third kappa shape index (κ3) is 2.67. The quantitative estimate of drug-likeness (QED) is 0.810. The van der Waals surface area contributed by atoms with Crippen molar-refractivity contribution < 1.29 is 0 Å². The molecule has 0 bridgehead atoms. The Bertz CT molecular complexity index is 228. The van der Waals surface area contributed by atoms with Gasteiger partial charge in [-0.15, -0.1) is 0 Å². The largest absolute Gasteiger partial charge is 0.329 e. The van der Waals surface area contributed by atoms with Crippen LogP contribution in [-0.2, 0) is 0 Å². The van der Waals surface area contributed by atoms with Crippen LogP contribution in [-0.4, -0.2) is 54.6 Å². The molecular weight excluding hydrogens is 210 g/mol. The molecule has 2 aliphatic rings. The van der Waals surface area contributed by atoms with E-state index in [9.17, 15) is 0 Å². The molecule has 17 heavy (non-hydrogen) atoms. The molecule has 0 unspecified atom stereocenters. The summed E-state index contributed by atoms with van der Waals surface area (Å²) in [6.07, 6.45) is 8.02. The van der Waals surface area contributed by atoms with Crippen LogP contribution in [0.5, 0.6) is 0 Å². The van der Waals surface area contributed by atoms with Crippen LogP contribution in [0.25, 0.3) is 0 Å². The van der Waals surface area contributed by atoms with Crippen molar-refractivity contribution in [1.82, 2.24) is 9.80 Å². The van der Waals surface area contributed by atoms with Crippen LogP contribution in [0.3, 0.4) is 0 Å². The number of likely N-dealkylation sites (tertiary alicyclic amines) is 1. The lowest BCUT2D eigenvalue weighted by atomic mass is 9.91. The first kappa shape index (κ1) is 13.3. The average molecular weight is 239 g/mol. The van der Waals surface area contributed by atoms with Crippen molar-refractivity contribution in [2.75, 3.05) is 33.2 Å². The summed E-state index contributed by atoms with van der Waals surface area (Å²) in [4.78, 5) is 5.21. The molecule has 1 saturated carbocycles. The molecule has 1 aliphatic carbocycles. The zero-order valence-electron chi connectivity index (χ0n) is 11.6. The second-order valence-electron chi connectivity index (χ2n) is 5.91. The predicted octanol–water partition coefficient (Wildman–Crippen LogP) is 1.67. The molecule has 100 valence electrons. The molecule has 0 atom stereocenters. The number of hydrogen-bond donors (Lipinski definition) is 1. The van der Waals surface area contributed by atoms with Gasteiger partial charge in [-0.2, -0.15) is 0 Å². The molecule has 3 heteroatoms. The van der Waals surface area contributed by atoms with E-state index in [2.05, 4.69) is 23.8 Å². The maximum atomic E-state index is 6.08. The maximum absolute atomic E-state index is 6.08. The van der Waals surface area contributed by atoms with Gasteiger partial charge in [0.1, 0.15) is 0 Å². The van der Waals surface area contributed by atoms with Crippen LogP contribution < -0.4 is 5.73 Å². The Labute approximate surface area is 106 Å². The highest BCUT2D eigenvalue weighted by Gasteiger charge is 2.39. The van der Waals surface area contributed by atoms with Crippen molar-refractivity contribution in [3.8, 4) is 0 Å². The number of hydrogen-bond acceptors (Lipinski definition) is 3. The van der Waals surface area contributed by atoms with E-state index in [1.165, 1.54) is 58.2 Å². The van der Waals surface area contributed by atoms with Crippen molar-refractivity contribution in [2.24, 2.45) is 5.73 Å². The van der Waals surface area contributed by atoms with E-state index < -0.39 is 0 Å². The Morgan fingerprint density at radius 3 is 2.29 bits per heavy atom. The minimum atomic E-state index is 0.332. The van der Waals surface area contributed by atoms with E-state index in [0.717, 1.165) is 12.6 Å². The molecule has 0 aromatic heterocycles. The van der Waals surface area contributed by atoms with Gasteiger partial charge in [-0.05, 0) is 52.4 Å². The van der Waals surface area contributed by atoms with Crippen LogP contribution in [0.4, 0.5) is 0 Å². The second kappa shape index (κ2) is 5.68. The van der Waals surface area contributed by atoms with Gasteiger partial charge < -0.3 is 10.6 Å². The molecule has 3 nitrogen and oxygen atoms in total. The molecule has 0 spiro atoms. The third-order valence-electron chi connectivity index (χ3n) is 5.21. The van der Waals surface area contributed by atoms with E-state index in [1.54, 1.807) is 0 Å². The summed E-state index contributed by atoms with van der Waals surface area (Å²) < 4.78 is 0. The molecule has 1 saturated heterocycles. The highest BCUT2D eigenvalue weighted by molar-refractivity contribution is 4.97. The Morgan fingerprint density at radius 2 is 1.82 bits per heavy atom. The Morgan fingerprint density at radius 1 is 1.24 bits per heavy atom. The van der Waals surface area contributed by atoms with Crippen molar-refractivity contribution in [2.45, 2.75) is 57.0 Å². The molecule has 2 rings (SSSR count). The summed E-state index contributed by atoms with van der Waals surface area (Å²) >= 11 is 0. The lowest BCUT2D eigenvalue weighted by Crippen LogP contribution is -2.56. The van der Waals surface area contributed by atoms with Crippen LogP contribution in [0.15, 0.2) is 0 Å². The Hall–Kier alpha value is -0.120. The monoisotopic (exact) mass is 239 g/mol. The first-order chi connectivity index (χ1) is 8.22. The van der Waals surface area contributed by atoms with E-state index in [4.69, 9.17) is 5.73 Å². The molecule has 0 aromatic rings. The first-order valence-corrected chi connectivity index (χ1v) is 7.37. The molecule has 0 radical (unpaired) electrons. The van der Waals surface area contributed by atoms with Crippen LogP contribution in [0, 0.1) is 0 Å². The van der Waals surface area contributed by atoms with Gasteiger partial charge in [0.25, 0.3) is 0 Å². The minimum absolute atomic E-state index is 0.332. The minimum Gasteiger partial charge on any atom is -0.329 e. The summed E-state index contributed by atoms with van der Waals surface area (Å²) in [5.74, 6) is 0. The smallest absolute Gasteiger partial charge is 0.0331 e. The summed E-state index contributed by atoms with van der Waals surface area (Å²) in [6.45, 7) is 6.86. The fourth-order valence-corrected chi connectivity index (χ4v) is 3.74. The normalized spacial score (nSPS) is 26.8. The molecule has 0 aromatic carbocycles. The summed E-state index contributed by atoms with van der Waals surface area (Å²) in [5.41, 5.74) is 6.41. The number of nitrogens with two attached hydrogens (primary N) is 1. The van der Waals surface area contributed by atoms with Crippen molar-refractivity contribution in [1.29, 1.82) is 0 Å². The van der Waals surface area contributed by atoms with Gasteiger partial charge in [0.05, 0.1) is 0 Å². The second-order valence-corrected chi connectivity index (χ2v) is 5.91. The molecule has 2 N–H and O–H groups in total. The molecule has 1 heterocycles. The number of likely N-dealkylation sites (N-methyl/N-ethyl adjacent to an activating group) is 1. The molecule has 2 fully saturated rings. The standard InChI is InChI=1S/C14H29N3/c1-3-17-10-6-13(7-11-17)16(2)14(12-15)8-4-5-9-14/h13H,3-12,15H2,1-2H3. The summed E-state index contributed by atoms with van der Waals surface area (Å²) in [6, 6.07) is 0.763.